The lowest BCUT2D eigenvalue weighted by molar-refractivity contribution is -0.274. The molecule has 0 spiro atoms. The van der Waals surface area contributed by atoms with Crippen LogP contribution >= 0.6 is 35.6 Å². The molecule has 1 aliphatic rings. The lowest BCUT2D eigenvalue weighted by Crippen LogP contribution is -2.31. The van der Waals surface area contributed by atoms with E-state index in [-0.39, 0.29) is 28.4 Å². The van der Waals surface area contributed by atoms with Crippen LogP contribution in [0.25, 0.3) is 17.1 Å². The number of hydrogen-bond donors (Lipinski definition) is 1. The molecule has 9 nitrogen and oxygen atoms in total. The Hall–Kier alpha value is -4.27. The SMILES string of the molecule is CC(C)c1ccc(Cl)cc1N1C(=O)CS/C1=N\C(=S)N/N=C/c1ccc(-c2ncn(-c3ccc(OC(F)(F)F)cc3)n2)cc1. The lowest BCUT2D eigenvalue weighted by Gasteiger charge is -2.22. The summed E-state index contributed by atoms with van der Waals surface area (Å²) in [7, 11) is 0. The maximum Gasteiger partial charge on any atom is 0.573 e. The zero-order chi connectivity index (χ0) is 31.4. The average molecular weight is 658 g/mol. The fourth-order valence-corrected chi connectivity index (χ4v) is 5.42. The minimum atomic E-state index is -4.76. The summed E-state index contributed by atoms with van der Waals surface area (Å²) < 4.78 is 42.5. The van der Waals surface area contributed by atoms with E-state index in [0.717, 1.165) is 16.7 Å². The number of rotatable bonds is 7. The molecule has 226 valence electrons. The highest BCUT2D eigenvalue weighted by Crippen LogP contribution is 2.35. The van der Waals surface area contributed by atoms with Crippen molar-refractivity contribution in [2.45, 2.75) is 26.1 Å². The summed E-state index contributed by atoms with van der Waals surface area (Å²) in [5.41, 5.74) is 6.35. The molecule has 0 aliphatic carbocycles. The van der Waals surface area contributed by atoms with Gasteiger partial charge in [0, 0.05) is 10.6 Å². The fraction of sp³-hybridized carbons (Fsp3) is 0.172. The molecule has 0 saturated carbocycles. The first-order valence-electron chi connectivity index (χ1n) is 13.0. The fourth-order valence-electron chi connectivity index (χ4n) is 4.19. The van der Waals surface area contributed by atoms with E-state index in [1.165, 1.54) is 51.9 Å². The van der Waals surface area contributed by atoms with E-state index < -0.39 is 6.36 Å². The van der Waals surface area contributed by atoms with Crippen LogP contribution in [0.1, 0.15) is 30.9 Å². The third-order valence-electron chi connectivity index (χ3n) is 6.19. The smallest absolute Gasteiger partial charge is 0.406 e. The lowest BCUT2D eigenvalue weighted by atomic mass is 10.0. The Morgan fingerprint density at radius 3 is 2.55 bits per heavy atom. The number of thiocarbonyl (C=S) groups is 1. The number of amidine groups is 1. The average Bonchev–Trinajstić information content (AvgIpc) is 3.60. The van der Waals surface area contributed by atoms with Crippen LogP contribution in [-0.4, -0.2) is 49.3 Å². The molecular formula is C29H23ClF3N7O2S2. The molecule has 0 unspecified atom stereocenters. The van der Waals surface area contributed by atoms with Gasteiger partial charge in [0.15, 0.2) is 11.0 Å². The second-order valence-corrected chi connectivity index (χ2v) is 11.4. The van der Waals surface area contributed by atoms with E-state index in [1.807, 2.05) is 19.9 Å². The maximum atomic E-state index is 12.7. The molecule has 0 atom stereocenters. The predicted molar refractivity (Wildman–Crippen MR) is 170 cm³/mol. The first kappa shape index (κ1) is 31.2. The number of hydrogen-bond acceptors (Lipinski definition) is 7. The summed E-state index contributed by atoms with van der Waals surface area (Å²) in [5, 5.41) is 9.60. The summed E-state index contributed by atoms with van der Waals surface area (Å²) >= 11 is 12.9. The Morgan fingerprint density at radius 1 is 1.14 bits per heavy atom. The van der Waals surface area contributed by atoms with Gasteiger partial charge >= 0.3 is 6.36 Å². The number of aromatic nitrogens is 3. The van der Waals surface area contributed by atoms with Gasteiger partial charge in [-0.15, -0.1) is 18.3 Å². The second kappa shape index (κ2) is 13.2. The first-order chi connectivity index (χ1) is 21.0. The zero-order valence-electron chi connectivity index (χ0n) is 23.1. The third-order valence-corrected chi connectivity index (χ3v) is 7.53. The van der Waals surface area contributed by atoms with Gasteiger partial charge in [0.1, 0.15) is 12.1 Å². The molecule has 0 radical (unpaired) electrons. The van der Waals surface area contributed by atoms with Crippen LogP contribution in [0, 0.1) is 0 Å². The van der Waals surface area contributed by atoms with Crippen LogP contribution in [-0.2, 0) is 4.79 Å². The topological polar surface area (TPSA) is 97.0 Å². The minimum Gasteiger partial charge on any atom is -0.406 e. The molecule has 3 aromatic carbocycles. The Bertz CT molecular complexity index is 1740. The molecule has 2 heterocycles. The van der Waals surface area contributed by atoms with Gasteiger partial charge in [-0.2, -0.15) is 10.1 Å². The van der Waals surface area contributed by atoms with E-state index in [0.29, 0.717) is 27.4 Å². The Labute approximate surface area is 264 Å². The summed E-state index contributed by atoms with van der Waals surface area (Å²) in [6.07, 6.45) is -1.74. The van der Waals surface area contributed by atoms with Crippen molar-refractivity contribution >= 4 is 63.7 Å². The molecule has 1 aliphatic heterocycles. The quantitative estimate of drug-likeness (QED) is 0.130. The van der Waals surface area contributed by atoms with Crippen molar-refractivity contribution in [1.29, 1.82) is 0 Å². The molecular weight excluding hydrogens is 635 g/mol. The molecule has 1 amide bonds. The molecule has 1 aromatic heterocycles. The largest absolute Gasteiger partial charge is 0.573 e. The highest BCUT2D eigenvalue weighted by atomic mass is 35.5. The number of carbonyl (C=O) groups excluding carboxylic acids is 1. The van der Waals surface area contributed by atoms with Gasteiger partial charge in [-0.1, -0.05) is 67.5 Å². The van der Waals surface area contributed by atoms with Crippen molar-refractivity contribution in [3.8, 4) is 22.8 Å². The van der Waals surface area contributed by atoms with Crippen molar-refractivity contribution in [2.24, 2.45) is 10.1 Å². The Balaban J connectivity index is 1.21. The molecule has 1 fully saturated rings. The second-order valence-electron chi connectivity index (χ2n) is 9.62. The van der Waals surface area contributed by atoms with E-state index >= 15 is 0 Å². The van der Waals surface area contributed by atoms with Crippen LogP contribution in [0.2, 0.25) is 5.02 Å². The summed E-state index contributed by atoms with van der Waals surface area (Å²) in [6.45, 7) is 4.08. The number of ether oxygens (including phenoxy) is 1. The number of aliphatic imine (C=N–C) groups is 1. The number of halogens is 4. The molecule has 1 N–H and O–H groups in total. The van der Waals surface area contributed by atoms with Crippen molar-refractivity contribution in [1.82, 2.24) is 20.2 Å². The maximum absolute atomic E-state index is 12.7. The third kappa shape index (κ3) is 7.62. The molecule has 44 heavy (non-hydrogen) atoms. The summed E-state index contributed by atoms with van der Waals surface area (Å²) in [6, 6.07) is 18.0. The summed E-state index contributed by atoms with van der Waals surface area (Å²) in [5.74, 6) is 0.382. The zero-order valence-corrected chi connectivity index (χ0v) is 25.5. The molecule has 4 aromatic rings. The van der Waals surface area contributed by atoms with Crippen LogP contribution in [0.15, 0.2) is 83.2 Å². The van der Waals surface area contributed by atoms with Crippen molar-refractivity contribution in [3.05, 3.63) is 89.2 Å². The molecule has 0 bridgehead atoms. The molecule has 1 saturated heterocycles. The molecule has 15 heteroatoms. The van der Waals surface area contributed by atoms with Gasteiger partial charge in [-0.25, -0.2) is 9.67 Å². The Morgan fingerprint density at radius 2 is 1.86 bits per heavy atom. The van der Waals surface area contributed by atoms with Crippen LogP contribution in [0.4, 0.5) is 18.9 Å². The monoisotopic (exact) mass is 657 g/mol. The van der Waals surface area contributed by atoms with E-state index in [1.54, 1.807) is 42.6 Å². The number of alkyl halides is 3. The highest BCUT2D eigenvalue weighted by molar-refractivity contribution is 8.15. The van der Waals surface area contributed by atoms with Crippen molar-refractivity contribution in [3.63, 3.8) is 0 Å². The van der Waals surface area contributed by atoms with E-state index in [2.05, 4.69) is 30.3 Å². The van der Waals surface area contributed by atoms with Gasteiger partial charge in [-0.05, 0) is 65.7 Å². The number of anilines is 1. The van der Waals surface area contributed by atoms with Gasteiger partial charge in [0.05, 0.1) is 23.3 Å². The number of amides is 1. The van der Waals surface area contributed by atoms with Crippen LogP contribution in [0.5, 0.6) is 5.75 Å². The summed E-state index contributed by atoms with van der Waals surface area (Å²) in [4.78, 5) is 23.0. The van der Waals surface area contributed by atoms with Gasteiger partial charge in [-0.3, -0.25) is 15.1 Å². The normalized spacial score (nSPS) is 14.7. The molecule has 5 rings (SSSR count). The first-order valence-corrected chi connectivity index (χ1v) is 14.8. The van der Waals surface area contributed by atoms with Gasteiger partial charge in [0.2, 0.25) is 11.0 Å². The van der Waals surface area contributed by atoms with Crippen molar-refractivity contribution < 1.29 is 22.7 Å². The minimum absolute atomic E-state index is 0.0842. The number of thioether (sulfide) groups is 1. The van der Waals surface area contributed by atoms with E-state index in [9.17, 15) is 18.0 Å². The highest BCUT2D eigenvalue weighted by Gasteiger charge is 2.32. The van der Waals surface area contributed by atoms with Crippen LogP contribution in [0.3, 0.4) is 0 Å². The number of hydrazone groups is 1. The number of benzene rings is 3. The number of nitrogens with one attached hydrogen (secondary N) is 1. The van der Waals surface area contributed by atoms with E-state index in [4.69, 9.17) is 23.8 Å². The van der Waals surface area contributed by atoms with Crippen molar-refractivity contribution in [2.75, 3.05) is 10.7 Å². The Kier molecular flexibility index (Phi) is 9.32. The number of carbonyl (C=O) groups is 1. The van der Waals surface area contributed by atoms with Crippen LogP contribution < -0.4 is 15.1 Å². The van der Waals surface area contributed by atoms with Gasteiger partial charge in [0.25, 0.3) is 0 Å². The number of nitrogens with zero attached hydrogens (tertiary/aromatic N) is 6. The van der Waals surface area contributed by atoms with Gasteiger partial charge < -0.3 is 4.74 Å². The standard InChI is InChI=1S/C29H23ClF3N7O2S2/c1-17(2)23-12-7-20(30)13-24(23)40-25(41)15-44-28(40)36-27(43)37-35-14-18-3-5-19(6-4-18)26-34-16-39(38-26)21-8-10-22(11-9-21)42-29(31,32)33/h3-14,16-17H,15H2,1-2H3,(H,37,43)/b35-14+,36-28-. The predicted octanol–water partition coefficient (Wildman–Crippen LogP) is 6.95.